The highest BCUT2D eigenvalue weighted by Gasteiger charge is 2.31. The smallest absolute Gasteiger partial charge is 0.265 e. The highest BCUT2D eigenvalue weighted by Crippen LogP contribution is 2.40. The maximum Gasteiger partial charge on any atom is 0.265 e. The molecule has 0 saturated carbocycles. The molecule has 0 amide bonds. The summed E-state index contributed by atoms with van der Waals surface area (Å²) in [7, 11) is -4.21. The number of unbranched alkanes of at least 4 members (excludes halogenated alkanes) is 13. The van der Waals surface area contributed by atoms with Crippen LogP contribution in [0.1, 0.15) is 141 Å². The molecule has 0 bridgehead atoms. The Morgan fingerprint density at radius 1 is 0.765 bits per heavy atom. The largest absolute Gasteiger partial charge is 0.508 e. The second kappa shape index (κ2) is 15.7. The standard InChI is InChI=1S/C28H50O5S/c1-5-6-7-8-9-10-11-12-13-14-15-16-17-18-19-23(2)24-20-27(30)25(21-26(24)29)28(3,4)22-34(31,32)33/h20-21,23,29-30H,5-19,22H2,1-4H3,(H,31,32,33). The van der Waals surface area contributed by atoms with Crippen LogP contribution >= 0.6 is 0 Å². The van der Waals surface area contributed by atoms with Gasteiger partial charge in [0.15, 0.2) is 0 Å². The number of benzene rings is 1. The van der Waals surface area contributed by atoms with Gasteiger partial charge in [-0.1, -0.05) is 118 Å². The van der Waals surface area contributed by atoms with Crippen molar-refractivity contribution in [3.63, 3.8) is 0 Å². The minimum absolute atomic E-state index is 0.0470. The maximum absolute atomic E-state index is 11.3. The summed E-state index contributed by atoms with van der Waals surface area (Å²) in [5.41, 5.74) is -0.0281. The number of aromatic hydroxyl groups is 2. The number of phenols is 2. The fourth-order valence-electron chi connectivity index (χ4n) is 4.86. The molecule has 0 spiro atoms. The number of phenolic OH excluding ortho intramolecular Hbond substituents is 2. The van der Waals surface area contributed by atoms with Gasteiger partial charge in [0.1, 0.15) is 11.5 Å². The van der Waals surface area contributed by atoms with Crippen molar-refractivity contribution >= 4 is 10.1 Å². The van der Waals surface area contributed by atoms with Gasteiger partial charge in [-0.3, -0.25) is 4.55 Å². The molecule has 0 aliphatic rings. The van der Waals surface area contributed by atoms with Crippen molar-refractivity contribution in [1.29, 1.82) is 0 Å². The van der Waals surface area contributed by atoms with Crippen LogP contribution in [0.5, 0.6) is 11.5 Å². The first-order valence-corrected chi connectivity index (χ1v) is 15.1. The quantitative estimate of drug-likeness (QED) is 0.101. The predicted octanol–water partition coefficient (Wildman–Crippen LogP) is 8.24. The van der Waals surface area contributed by atoms with E-state index in [4.69, 9.17) is 0 Å². The molecule has 0 aliphatic carbocycles. The molecule has 0 aliphatic heterocycles. The molecule has 6 heteroatoms. The zero-order valence-corrected chi connectivity index (χ0v) is 22.9. The Morgan fingerprint density at radius 3 is 1.65 bits per heavy atom. The monoisotopic (exact) mass is 498 g/mol. The van der Waals surface area contributed by atoms with Crippen molar-refractivity contribution in [2.45, 2.75) is 135 Å². The highest BCUT2D eigenvalue weighted by atomic mass is 32.2. The number of hydrogen-bond donors (Lipinski definition) is 3. The van der Waals surface area contributed by atoms with E-state index in [-0.39, 0.29) is 17.4 Å². The van der Waals surface area contributed by atoms with Crippen LogP contribution < -0.4 is 0 Å². The minimum atomic E-state index is -4.21. The molecular weight excluding hydrogens is 448 g/mol. The molecule has 3 N–H and O–H groups in total. The molecule has 1 atom stereocenters. The van der Waals surface area contributed by atoms with Crippen molar-refractivity contribution in [1.82, 2.24) is 0 Å². The lowest BCUT2D eigenvalue weighted by molar-refractivity contribution is 0.419. The van der Waals surface area contributed by atoms with E-state index in [1.807, 2.05) is 6.92 Å². The molecule has 0 radical (unpaired) electrons. The van der Waals surface area contributed by atoms with Gasteiger partial charge in [0, 0.05) is 16.5 Å². The van der Waals surface area contributed by atoms with Crippen molar-refractivity contribution < 1.29 is 23.2 Å². The van der Waals surface area contributed by atoms with Gasteiger partial charge in [0.05, 0.1) is 5.75 Å². The average Bonchev–Trinajstić information content (AvgIpc) is 2.73. The second-order valence-electron chi connectivity index (χ2n) is 10.8. The third-order valence-electron chi connectivity index (χ3n) is 6.94. The molecule has 198 valence electrons. The van der Waals surface area contributed by atoms with E-state index < -0.39 is 21.3 Å². The lowest BCUT2D eigenvalue weighted by Gasteiger charge is -2.26. The lowest BCUT2D eigenvalue weighted by atomic mass is 9.83. The van der Waals surface area contributed by atoms with Crippen LogP contribution in [-0.4, -0.2) is 28.9 Å². The van der Waals surface area contributed by atoms with Crippen molar-refractivity contribution in [2.24, 2.45) is 0 Å². The summed E-state index contributed by atoms with van der Waals surface area (Å²) in [5, 5.41) is 21.0. The molecule has 0 saturated heterocycles. The first-order valence-electron chi connectivity index (χ1n) is 13.5. The van der Waals surface area contributed by atoms with Gasteiger partial charge >= 0.3 is 0 Å². The molecule has 1 unspecified atom stereocenters. The van der Waals surface area contributed by atoms with Crippen LogP contribution in [-0.2, 0) is 15.5 Å². The van der Waals surface area contributed by atoms with E-state index in [1.165, 1.54) is 89.5 Å². The number of hydrogen-bond acceptors (Lipinski definition) is 4. The molecule has 0 heterocycles. The third kappa shape index (κ3) is 12.4. The topological polar surface area (TPSA) is 94.8 Å². The summed E-state index contributed by atoms with van der Waals surface area (Å²) < 4.78 is 31.8. The molecule has 1 aromatic rings. The molecule has 1 rings (SSSR count). The molecule has 0 fully saturated rings. The molecule has 34 heavy (non-hydrogen) atoms. The lowest BCUT2D eigenvalue weighted by Crippen LogP contribution is -2.28. The Bertz CT molecular complexity index is 801. The Morgan fingerprint density at radius 2 is 1.21 bits per heavy atom. The third-order valence-corrected chi connectivity index (χ3v) is 8.03. The minimum Gasteiger partial charge on any atom is -0.508 e. The van der Waals surface area contributed by atoms with Gasteiger partial charge in [-0.2, -0.15) is 8.42 Å². The fraction of sp³-hybridized carbons (Fsp3) is 0.786. The van der Waals surface area contributed by atoms with E-state index in [0.29, 0.717) is 11.1 Å². The zero-order chi connectivity index (χ0) is 25.6. The number of rotatable bonds is 19. The Labute approximate surface area is 209 Å². The van der Waals surface area contributed by atoms with E-state index >= 15 is 0 Å². The van der Waals surface area contributed by atoms with E-state index in [0.717, 1.165) is 12.8 Å². The van der Waals surface area contributed by atoms with E-state index in [2.05, 4.69) is 6.92 Å². The van der Waals surface area contributed by atoms with Crippen molar-refractivity contribution in [2.75, 3.05) is 5.75 Å². The molecular formula is C28H50O5S. The molecule has 1 aromatic carbocycles. The van der Waals surface area contributed by atoms with Crippen LogP contribution in [0.2, 0.25) is 0 Å². The first-order chi connectivity index (χ1) is 16.0. The predicted molar refractivity (Wildman–Crippen MR) is 143 cm³/mol. The average molecular weight is 499 g/mol. The Hall–Kier alpha value is -1.27. The van der Waals surface area contributed by atoms with Gasteiger partial charge in [0.25, 0.3) is 10.1 Å². The fourth-order valence-corrected chi connectivity index (χ4v) is 5.93. The zero-order valence-electron chi connectivity index (χ0n) is 22.1. The summed E-state index contributed by atoms with van der Waals surface area (Å²) >= 11 is 0. The summed E-state index contributed by atoms with van der Waals surface area (Å²) in [6.45, 7) is 7.54. The second-order valence-corrected chi connectivity index (χ2v) is 12.3. The van der Waals surface area contributed by atoms with Gasteiger partial charge in [-0.25, -0.2) is 0 Å². The van der Waals surface area contributed by atoms with Gasteiger partial charge in [-0.15, -0.1) is 0 Å². The normalized spacial score (nSPS) is 13.3. The SMILES string of the molecule is CCCCCCCCCCCCCCCCC(C)c1cc(O)c(C(C)(C)CS(=O)(=O)O)cc1O. The van der Waals surface area contributed by atoms with Crippen LogP contribution in [0.15, 0.2) is 12.1 Å². The first kappa shape index (κ1) is 30.8. The Balaban J connectivity index is 2.29. The van der Waals surface area contributed by atoms with Crippen LogP contribution in [0.3, 0.4) is 0 Å². The summed E-state index contributed by atoms with van der Waals surface area (Å²) in [4.78, 5) is 0. The van der Waals surface area contributed by atoms with E-state index in [1.54, 1.807) is 19.9 Å². The summed E-state index contributed by atoms with van der Waals surface area (Å²) in [6, 6.07) is 2.99. The van der Waals surface area contributed by atoms with Crippen LogP contribution in [0.4, 0.5) is 0 Å². The van der Waals surface area contributed by atoms with Crippen molar-refractivity contribution in [3.05, 3.63) is 23.3 Å². The van der Waals surface area contributed by atoms with Crippen LogP contribution in [0, 0.1) is 0 Å². The van der Waals surface area contributed by atoms with Crippen LogP contribution in [0.25, 0.3) is 0 Å². The summed E-state index contributed by atoms with van der Waals surface area (Å²) in [5.74, 6) is -0.411. The Kier molecular flexibility index (Phi) is 14.2. The van der Waals surface area contributed by atoms with Gasteiger partial charge in [-0.05, 0) is 24.5 Å². The van der Waals surface area contributed by atoms with Gasteiger partial charge < -0.3 is 10.2 Å². The maximum atomic E-state index is 11.3. The highest BCUT2D eigenvalue weighted by molar-refractivity contribution is 7.85. The summed E-state index contributed by atoms with van der Waals surface area (Å²) in [6.07, 6.45) is 19.4. The van der Waals surface area contributed by atoms with Crippen molar-refractivity contribution in [3.8, 4) is 11.5 Å². The molecule has 0 aromatic heterocycles. The van der Waals surface area contributed by atoms with Gasteiger partial charge in [0.2, 0.25) is 0 Å². The van der Waals surface area contributed by atoms with E-state index in [9.17, 15) is 23.2 Å². The molecule has 5 nitrogen and oxygen atoms in total.